The third kappa shape index (κ3) is 4.74. The van der Waals surface area contributed by atoms with E-state index in [4.69, 9.17) is 0 Å². The lowest BCUT2D eigenvalue weighted by molar-refractivity contribution is 0.0753. The molecule has 1 N–H and O–H groups in total. The first-order valence-corrected chi connectivity index (χ1v) is 10.4. The van der Waals surface area contributed by atoms with E-state index in [0.29, 0.717) is 13.1 Å². The van der Waals surface area contributed by atoms with Crippen LogP contribution in [0.5, 0.6) is 0 Å². The molecule has 0 aliphatic carbocycles. The normalized spacial score (nSPS) is 13.0. The Hall–Kier alpha value is -3.02. The second-order valence-electron chi connectivity index (χ2n) is 7.70. The summed E-state index contributed by atoms with van der Waals surface area (Å²) in [5.41, 5.74) is 4.30. The molecular weight excluding hydrogens is 443 g/mol. The van der Waals surface area contributed by atoms with Crippen molar-refractivity contribution in [1.29, 1.82) is 0 Å². The van der Waals surface area contributed by atoms with Crippen LogP contribution >= 0.6 is 24.8 Å². The second kappa shape index (κ2) is 10.5. The summed E-state index contributed by atoms with van der Waals surface area (Å²) in [4.78, 5) is 25.2. The summed E-state index contributed by atoms with van der Waals surface area (Å²) in [7, 11) is 0. The minimum Gasteiger partial charge on any atom is -0.369 e. The molecule has 0 saturated carbocycles. The van der Waals surface area contributed by atoms with E-state index in [1.165, 1.54) is 11.3 Å². The molecule has 32 heavy (non-hydrogen) atoms. The quantitative estimate of drug-likeness (QED) is 0.452. The molecule has 1 aromatic heterocycles. The Balaban J connectivity index is 0.00000144. The molecule has 5 rings (SSSR count). The topological polar surface area (TPSA) is 52.2 Å². The molecule has 1 amide bonds. The van der Waals surface area contributed by atoms with E-state index in [2.05, 4.69) is 51.3 Å². The van der Waals surface area contributed by atoms with E-state index < -0.39 is 0 Å². The van der Waals surface area contributed by atoms with E-state index >= 15 is 0 Å². The smallest absolute Gasteiger partial charge is 0.254 e. The van der Waals surface area contributed by atoms with Crippen LogP contribution in [0.25, 0.3) is 10.8 Å². The van der Waals surface area contributed by atoms with Gasteiger partial charge in [0, 0.05) is 55.7 Å². The van der Waals surface area contributed by atoms with Crippen LogP contribution in [0, 0.1) is 0 Å². The minimum absolute atomic E-state index is 0. The molecule has 0 fully saturated rings. The maximum Gasteiger partial charge on any atom is 0.254 e. The molecule has 0 saturated heterocycles. The molecule has 0 bridgehead atoms. The number of rotatable bonds is 4. The Labute approximate surface area is 200 Å². The van der Waals surface area contributed by atoms with Crippen LogP contribution in [-0.4, -0.2) is 40.4 Å². The summed E-state index contributed by atoms with van der Waals surface area (Å²) in [5.74, 6) is 0.0945. The molecule has 2 heterocycles. The van der Waals surface area contributed by atoms with E-state index in [1.54, 1.807) is 6.33 Å². The number of nitrogens with zero attached hydrogens (tertiary/aromatic N) is 3. The predicted molar refractivity (Wildman–Crippen MR) is 134 cm³/mol. The Kier molecular flexibility index (Phi) is 7.78. The molecule has 3 aromatic carbocycles. The first-order chi connectivity index (χ1) is 14.8. The lowest BCUT2D eigenvalue weighted by Crippen LogP contribution is -2.36. The Morgan fingerprint density at radius 1 is 0.938 bits per heavy atom. The average Bonchev–Trinajstić information content (AvgIpc) is 3.24. The summed E-state index contributed by atoms with van der Waals surface area (Å²) in [5, 5.41) is 2.11. The van der Waals surface area contributed by atoms with Gasteiger partial charge in [0.1, 0.15) is 0 Å². The van der Waals surface area contributed by atoms with Gasteiger partial charge in [-0.2, -0.15) is 0 Å². The zero-order valence-electron chi connectivity index (χ0n) is 17.6. The number of carbonyl (C=O) groups excluding carboxylic acids is 1. The van der Waals surface area contributed by atoms with Gasteiger partial charge < -0.3 is 14.8 Å². The van der Waals surface area contributed by atoms with Crippen molar-refractivity contribution >= 4 is 47.2 Å². The highest BCUT2D eigenvalue weighted by atomic mass is 35.5. The number of imidazole rings is 1. The van der Waals surface area contributed by atoms with Crippen molar-refractivity contribution in [1.82, 2.24) is 14.9 Å². The molecule has 0 unspecified atom stereocenters. The number of halogens is 2. The monoisotopic (exact) mass is 468 g/mol. The van der Waals surface area contributed by atoms with Gasteiger partial charge in [0.2, 0.25) is 0 Å². The van der Waals surface area contributed by atoms with E-state index in [0.717, 1.165) is 41.5 Å². The van der Waals surface area contributed by atoms with Gasteiger partial charge in [-0.25, -0.2) is 4.98 Å². The van der Waals surface area contributed by atoms with Crippen LogP contribution in [0.15, 0.2) is 79.3 Å². The molecule has 1 aliphatic heterocycles. The SMILES string of the molecule is Cl.Cl.O=C(c1cccc2ccccc12)N1CCN(CCc2cnc[nH]2)c2ccccc2C1. The highest BCUT2D eigenvalue weighted by Gasteiger charge is 2.24. The number of amides is 1. The maximum absolute atomic E-state index is 13.5. The van der Waals surface area contributed by atoms with Crippen LogP contribution in [0.4, 0.5) is 5.69 Å². The number of nitrogens with one attached hydrogen (secondary N) is 1. The van der Waals surface area contributed by atoms with Crippen molar-refractivity contribution in [2.75, 3.05) is 24.5 Å². The highest BCUT2D eigenvalue weighted by Crippen LogP contribution is 2.27. The lowest BCUT2D eigenvalue weighted by atomic mass is 10.0. The number of H-pyrrole nitrogens is 1. The van der Waals surface area contributed by atoms with Crippen LogP contribution < -0.4 is 4.90 Å². The summed E-state index contributed by atoms with van der Waals surface area (Å²) >= 11 is 0. The number of aromatic nitrogens is 2. The molecule has 166 valence electrons. The Morgan fingerprint density at radius 2 is 1.72 bits per heavy atom. The van der Waals surface area contributed by atoms with Gasteiger partial charge in [-0.3, -0.25) is 4.79 Å². The molecule has 1 aliphatic rings. The molecular formula is C25H26Cl2N4O. The van der Waals surface area contributed by atoms with Gasteiger partial charge in [-0.1, -0.05) is 54.6 Å². The van der Waals surface area contributed by atoms with Crippen LogP contribution in [0.3, 0.4) is 0 Å². The maximum atomic E-state index is 13.5. The number of anilines is 1. The van der Waals surface area contributed by atoms with Gasteiger partial charge in [0.25, 0.3) is 5.91 Å². The van der Waals surface area contributed by atoms with Crippen molar-refractivity contribution in [3.63, 3.8) is 0 Å². The molecule has 0 atom stereocenters. The minimum atomic E-state index is 0. The van der Waals surface area contributed by atoms with Crippen molar-refractivity contribution in [3.05, 3.63) is 96.1 Å². The predicted octanol–water partition coefficient (Wildman–Crippen LogP) is 5.11. The van der Waals surface area contributed by atoms with Crippen molar-refractivity contribution < 1.29 is 4.79 Å². The Morgan fingerprint density at radius 3 is 2.56 bits per heavy atom. The molecule has 0 spiro atoms. The van der Waals surface area contributed by atoms with Crippen molar-refractivity contribution in [2.24, 2.45) is 0 Å². The number of benzene rings is 3. The summed E-state index contributed by atoms with van der Waals surface area (Å²) in [6.07, 6.45) is 4.49. The first kappa shape index (κ1) is 23.6. The fourth-order valence-electron chi connectivity index (χ4n) is 4.26. The summed E-state index contributed by atoms with van der Waals surface area (Å²) < 4.78 is 0. The zero-order valence-corrected chi connectivity index (χ0v) is 19.2. The number of para-hydroxylation sites is 1. The van der Waals surface area contributed by atoms with Gasteiger partial charge in [0.05, 0.1) is 6.33 Å². The number of carbonyl (C=O) groups is 1. The van der Waals surface area contributed by atoms with E-state index in [-0.39, 0.29) is 30.7 Å². The number of hydrogen-bond acceptors (Lipinski definition) is 3. The van der Waals surface area contributed by atoms with Crippen LogP contribution in [0.2, 0.25) is 0 Å². The van der Waals surface area contributed by atoms with Crippen molar-refractivity contribution in [3.8, 4) is 0 Å². The van der Waals surface area contributed by atoms with Gasteiger partial charge in [-0.15, -0.1) is 24.8 Å². The van der Waals surface area contributed by atoms with Crippen molar-refractivity contribution in [2.45, 2.75) is 13.0 Å². The number of hydrogen-bond donors (Lipinski definition) is 1. The molecule has 7 heteroatoms. The summed E-state index contributed by atoms with van der Waals surface area (Å²) in [6, 6.07) is 22.5. The molecule has 0 radical (unpaired) electrons. The Bertz CT molecular complexity index is 1170. The van der Waals surface area contributed by atoms with Crippen LogP contribution in [0.1, 0.15) is 21.6 Å². The standard InChI is InChI=1S/C25H24N4O.2ClH/c30-25(23-10-5-8-19-6-1-3-9-22(19)23)29-15-14-28(13-12-21-16-26-18-27-21)24-11-4-2-7-20(24)17-29;;/h1-11,16,18H,12-15,17H2,(H,26,27);2*1H. The molecule has 5 nitrogen and oxygen atoms in total. The zero-order chi connectivity index (χ0) is 20.3. The second-order valence-corrected chi connectivity index (χ2v) is 7.70. The third-order valence-electron chi connectivity index (χ3n) is 5.85. The first-order valence-electron chi connectivity index (χ1n) is 10.4. The number of aromatic amines is 1. The number of fused-ring (bicyclic) bond motifs is 2. The lowest BCUT2D eigenvalue weighted by Gasteiger charge is -2.25. The van der Waals surface area contributed by atoms with Gasteiger partial charge >= 0.3 is 0 Å². The largest absolute Gasteiger partial charge is 0.369 e. The van der Waals surface area contributed by atoms with E-state index in [9.17, 15) is 4.79 Å². The average molecular weight is 469 g/mol. The fourth-order valence-corrected chi connectivity index (χ4v) is 4.26. The van der Waals surface area contributed by atoms with Crippen LogP contribution in [-0.2, 0) is 13.0 Å². The highest BCUT2D eigenvalue weighted by molar-refractivity contribution is 6.07. The van der Waals surface area contributed by atoms with Gasteiger partial charge in [-0.05, 0) is 28.5 Å². The van der Waals surface area contributed by atoms with E-state index in [1.807, 2.05) is 41.4 Å². The fraction of sp³-hybridized carbons (Fsp3) is 0.200. The molecule has 4 aromatic rings. The third-order valence-corrected chi connectivity index (χ3v) is 5.85. The van der Waals surface area contributed by atoms with Gasteiger partial charge in [0.15, 0.2) is 0 Å². The summed E-state index contributed by atoms with van der Waals surface area (Å²) in [6.45, 7) is 3.01.